The summed E-state index contributed by atoms with van der Waals surface area (Å²) in [5, 5.41) is 12.8. The van der Waals surface area contributed by atoms with Gasteiger partial charge in [-0.15, -0.1) is 0 Å². The number of aryl methyl sites for hydroxylation is 3. The molecule has 0 amide bonds. The second-order valence-electron chi connectivity index (χ2n) is 8.91. The molecule has 0 spiro atoms. The van der Waals surface area contributed by atoms with Crippen LogP contribution in [0.2, 0.25) is 0 Å². The van der Waals surface area contributed by atoms with Gasteiger partial charge in [-0.05, 0) is 56.7 Å². The number of hydrogen-bond acceptors (Lipinski definition) is 6. The minimum atomic E-state index is -0.485. The average molecular weight is 595 g/mol. The van der Waals surface area contributed by atoms with Crippen molar-refractivity contribution < 1.29 is 0 Å². The first kappa shape index (κ1) is 24.4. The first-order chi connectivity index (χ1) is 17.6. The van der Waals surface area contributed by atoms with Gasteiger partial charge >= 0.3 is 0 Å². The summed E-state index contributed by atoms with van der Waals surface area (Å²) in [5.41, 5.74) is 14.3. The van der Waals surface area contributed by atoms with Crippen molar-refractivity contribution in [1.29, 1.82) is 0 Å². The zero-order chi connectivity index (χ0) is 25.1. The highest BCUT2D eigenvalue weighted by Crippen LogP contribution is 2.43. The number of nitrogens with two attached hydrogens (primary N) is 1. The number of rotatable bonds is 8. The zero-order valence-corrected chi connectivity index (χ0v) is 23.0. The smallest absolute Gasteiger partial charge is 0.165 e. The van der Waals surface area contributed by atoms with Gasteiger partial charge in [0.05, 0.1) is 11.4 Å². The standard InChI is InChI=1S/C27H31IN8/c1-4-11-30-16-21(15-29)19-7-5-6-18(13-19)14-23-25-22(33-36(23)3)9-8-20-17-31-27(28-26(20)25)32-24-10-12-35(2)34-24/h5-7,10,12-13,15-17H,4,8-9,11,14,29H2,1-3H3,(H,31,32,34). The van der Waals surface area contributed by atoms with E-state index < -0.39 is 20.7 Å². The summed E-state index contributed by atoms with van der Waals surface area (Å²) in [4.78, 5) is 9.23. The summed E-state index contributed by atoms with van der Waals surface area (Å²) in [5.74, 6) is 0.832. The molecule has 0 fully saturated rings. The molecular formula is C27H31IN8. The van der Waals surface area contributed by atoms with Gasteiger partial charge in [-0.1, -0.05) is 31.2 Å². The second kappa shape index (κ2) is 10.7. The van der Waals surface area contributed by atoms with Crippen LogP contribution in [0.4, 0.5) is 5.82 Å². The maximum atomic E-state index is 5.93. The maximum Gasteiger partial charge on any atom is 0.165 e. The highest BCUT2D eigenvalue weighted by molar-refractivity contribution is 14.2. The quantitative estimate of drug-likeness (QED) is 0.298. The molecule has 3 heterocycles. The molecule has 0 atom stereocenters. The predicted octanol–water partition coefficient (Wildman–Crippen LogP) is 4.44. The Morgan fingerprint density at radius 1 is 1.22 bits per heavy atom. The van der Waals surface area contributed by atoms with Gasteiger partial charge < -0.3 is 11.1 Å². The fraction of sp³-hybridized carbons (Fsp3) is 0.296. The van der Waals surface area contributed by atoms with E-state index in [-0.39, 0.29) is 0 Å². The van der Waals surface area contributed by atoms with Gasteiger partial charge in [-0.25, -0.2) is 4.99 Å². The molecule has 36 heavy (non-hydrogen) atoms. The molecule has 3 N–H and O–H groups in total. The van der Waals surface area contributed by atoms with Crippen LogP contribution in [-0.4, -0.2) is 42.3 Å². The Morgan fingerprint density at radius 2 is 2.11 bits per heavy atom. The fourth-order valence-electron chi connectivity index (χ4n) is 4.46. The first-order valence-corrected chi connectivity index (χ1v) is 14.3. The van der Waals surface area contributed by atoms with Crippen LogP contribution >= 0.6 is 20.7 Å². The van der Waals surface area contributed by atoms with E-state index in [1.165, 1.54) is 31.7 Å². The molecule has 1 aromatic carbocycles. The number of anilines is 1. The molecular weight excluding hydrogens is 563 g/mol. The van der Waals surface area contributed by atoms with Crippen LogP contribution in [0, 0.1) is 0 Å². The van der Waals surface area contributed by atoms with Crippen LogP contribution in [-0.2, 0) is 26.9 Å². The van der Waals surface area contributed by atoms with Gasteiger partial charge in [-0.3, -0.25) is 14.4 Å². The number of hydrogen-bond donors (Lipinski definition) is 2. The summed E-state index contributed by atoms with van der Waals surface area (Å²) >= 11 is -0.485. The molecule has 1 aliphatic carbocycles. The molecule has 3 aromatic rings. The highest BCUT2D eigenvalue weighted by Gasteiger charge is 2.27. The van der Waals surface area contributed by atoms with Gasteiger partial charge in [0.1, 0.15) is 0 Å². The van der Waals surface area contributed by atoms with E-state index in [0.717, 1.165) is 52.9 Å². The average Bonchev–Trinajstić information content (AvgIpc) is 3.44. The molecule has 2 aromatic heterocycles. The van der Waals surface area contributed by atoms with E-state index in [1.54, 1.807) is 10.9 Å². The molecule has 0 saturated carbocycles. The van der Waals surface area contributed by atoms with E-state index in [2.05, 4.69) is 58.3 Å². The van der Waals surface area contributed by atoms with Crippen molar-refractivity contribution in [3.05, 3.63) is 76.4 Å². The van der Waals surface area contributed by atoms with Crippen molar-refractivity contribution in [2.24, 2.45) is 29.8 Å². The number of benzene rings is 1. The minimum Gasteiger partial charge on any atom is -0.404 e. The third-order valence-corrected chi connectivity index (χ3v) is 9.06. The van der Waals surface area contributed by atoms with Crippen molar-refractivity contribution in [2.45, 2.75) is 32.6 Å². The zero-order valence-electron chi connectivity index (χ0n) is 20.9. The SMILES string of the molecule is CCCN=CC(=CN)c1cccc(Cc2c3c(nn2C)CCC2=C3I=C(Nc3ccn(C)n3)N=C2)c1. The first-order valence-electron chi connectivity index (χ1n) is 12.2. The molecule has 0 saturated heterocycles. The number of halogens is 1. The lowest BCUT2D eigenvalue weighted by atomic mass is 9.94. The topological polar surface area (TPSA) is 98.4 Å². The molecule has 1 aliphatic heterocycles. The van der Waals surface area contributed by atoms with Crippen LogP contribution in [0.15, 0.2) is 58.3 Å². The molecule has 2 aliphatic rings. The lowest BCUT2D eigenvalue weighted by Gasteiger charge is -2.20. The number of nitrogens with one attached hydrogen (secondary N) is 1. The van der Waals surface area contributed by atoms with E-state index in [1.807, 2.05) is 31.7 Å². The number of allylic oxidation sites excluding steroid dienone is 2. The summed E-state index contributed by atoms with van der Waals surface area (Å²) in [6.45, 7) is 2.92. The molecule has 186 valence electrons. The molecule has 5 rings (SSSR count). The van der Waals surface area contributed by atoms with Gasteiger partial charge in [0.25, 0.3) is 0 Å². The van der Waals surface area contributed by atoms with Gasteiger partial charge in [-0.2, -0.15) is 10.2 Å². The van der Waals surface area contributed by atoms with Gasteiger partial charge in [0, 0.05) is 72.7 Å². The third-order valence-electron chi connectivity index (χ3n) is 6.23. The van der Waals surface area contributed by atoms with Crippen molar-refractivity contribution in [3.8, 4) is 0 Å². The van der Waals surface area contributed by atoms with E-state index in [4.69, 9.17) is 15.8 Å². The van der Waals surface area contributed by atoms with Crippen LogP contribution in [0.25, 0.3) is 9.15 Å². The Balaban J connectivity index is 1.46. The number of aliphatic imine (C=N–C) groups is 2. The fourth-order valence-corrected chi connectivity index (χ4v) is 7.30. The summed E-state index contributed by atoms with van der Waals surface area (Å²) in [6, 6.07) is 10.6. The molecule has 0 radical (unpaired) electrons. The monoisotopic (exact) mass is 594 g/mol. The predicted molar refractivity (Wildman–Crippen MR) is 158 cm³/mol. The largest absolute Gasteiger partial charge is 0.404 e. The molecule has 9 heteroatoms. The van der Waals surface area contributed by atoms with Crippen LogP contribution in [0.3, 0.4) is 0 Å². The number of aromatic nitrogens is 4. The van der Waals surface area contributed by atoms with Crippen LogP contribution in [0.5, 0.6) is 0 Å². The Kier molecular flexibility index (Phi) is 7.26. The van der Waals surface area contributed by atoms with Crippen LogP contribution < -0.4 is 11.1 Å². The van der Waals surface area contributed by atoms with Gasteiger partial charge in [0.2, 0.25) is 0 Å². The molecule has 0 bridgehead atoms. The Hall–Kier alpha value is -3.34. The number of fused-ring (bicyclic) bond motifs is 2. The molecule has 0 unspecified atom stereocenters. The van der Waals surface area contributed by atoms with Crippen LogP contribution in [0.1, 0.15) is 47.8 Å². The van der Waals surface area contributed by atoms with Crippen molar-refractivity contribution >= 4 is 51.9 Å². The summed E-state index contributed by atoms with van der Waals surface area (Å²) in [7, 11) is 3.98. The minimum absolute atomic E-state index is 0.485. The summed E-state index contributed by atoms with van der Waals surface area (Å²) in [6.07, 6.45) is 11.3. The van der Waals surface area contributed by atoms with Gasteiger partial charge in [0.15, 0.2) is 9.57 Å². The molecule has 8 nitrogen and oxygen atoms in total. The maximum absolute atomic E-state index is 5.93. The van der Waals surface area contributed by atoms with Crippen molar-refractivity contribution in [2.75, 3.05) is 11.9 Å². The lowest BCUT2D eigenvalue weighted by Crippen LogP contribution is -2.13. The second-order valence-corrected chi connectivity index (χ2v) is 11.5. The number of nitrogens with zero attached hydrogens (tertiary/aromatic N) is 6. The Bertz CT molecular complexity index is 1430. The van der Waals surface area contributed by atoms with E-state index >= 15 is 0 Å². The van der Waals surface area contributed by atoms with E-state index in [9.17, 15) is 0 Å². The Labute approximate surface area is 221 Å². The highest BCUT2D eigenvalue weighted by atomic mass is 127. The van der Waals surface area contributed by atoms with Crippen molar-refractivity contribution in [1.82, 2.24) is 19.6 Å². The van der Waals surface area contributed by atoms with E-state index in [0.29, 0.717) is 0 Å². The Morgan fingerprint density at radius 3 is 2.89 bits per heavy atom. The summed E-state index contributed by atoms with van der Waals surface area (Å²) < 4.78 is 6.31. The normalized spacial score (nSPS) is 15.5. The third kappa shape index (κ3) is 5.11. The van der Waals surface area contributed by atoms with Crippen molar-refractivity contribution in [3.63, 3.8) is 0 Å². The lowest BCUT2D eigenvalue weighted by molar-refractivity contribution is 0.706.